The lowest BCUT2D eigenvalue weighted by molar-refractivity contribution is 0.630. The summed E-state index contributed by atoms with van der Waals surface area (Å²) in [6.45, 7) is 0. The van der Waals surface area contributed by atoms with E-state index in [1.165, 1.54) is 10.6 Å². The van der Waals surface area contributed by atoms with E-state index < -0.39 is 0 Å². The number of hydrogen-bond acceptors (Lipinski definition) is 6. The monoisotopic (exact) mass is 440 g/mol. The average molecular weight is 441 g/mol. The highest BCUT2D eigenvalue weighted by Gasteiger charge is 2.10. The van der Waals surface area contributed by atoms with E-state index in [2.05, 4.69) is 36.1 Å². The van der Waals surface area contributed by atoms with Crippen molar-refractivity contribution in [3.05, 3.63) is 71.3 Å². The van der Waals surface area contributed by atoms with E-state index in [4.69, 9.17) is 11.5 Å². The molecule has 0 radical (unpaired) electrons. The van der Waals surface area contributed by atoms with Crippen molar-refractivity contribution in [1.29, 1.82) is 0 Å². The van der Waals surface area contributed by atoms with Crippen LogP contribution in [0.3, 0.4) is 0 Å². The first-order valence-corrected chi connectivity index (χ1v) is 8.93. The van der Waals surface area contributed by atoms with Gasteiger partial charge < -0.3 is 11.5 Å². The summed E-state index contributed by atoms with van der Waals surface area (Å²) in [7, 11) is 0. The highest BCUT2D eigenvalue weighted by Crippen LogP contribution is 2.23. The second-order valence-electron chi connectivity index (χ2n) is 5.76. The van der Waals surface area contributed by atoms with Crippen molar-refractivity contribution in [2.45, 2.75) is 0 Å². The van der Waals surface area contributed by atoms with E-state index in [-0.39, 0.29) is 5.82 Å². The first-order chi connectivity index (χ1) is 13.5. The maximum atomic E-state index is 13.7. The number of halogens is 2. The average Bonchev–Trinajstić information content (AvgIpc) is 3.26. The summed E-state index contributed by atoms with van der Waals surface area (Å²) >= 11 is 3.28. The molecule has 140 valence electrons. The van der Waals surface area contributed by atoms with Gasteiger partial charge in [0.1, 0.15) is 22.1 Å². The minimum absolute atomic E-state index is 0.307. The third kappa shape index (κ3) is 3.37. The molecule has 5 rings (SSSR count). The van der Waals surface area contributed by atoms with Crippen LogP contribution in [-0.2, 0) is 0 Å². The molecule has 0 fully saturated rings. The molecule has 5 aromatic rings. The normalized spacial score (nSPS) is 10.8. The maximum absolute atomic E-state index is 13.7. The molecule has 4 heterocycles. The lowest BCUT2D eigenvalue weighted by atomic mass is 10.1. The number of imidazole rings is 2. The first kappa shape index (κ1) is 17.9. The van der Waals surface area contributed by atoms with Crippen LogP contribution < -0.4 is 11.5 Å². The molecule has 0 saturated heterocycles. The van der Waals surface area contributed by atoms with Gasteiger partial charge in [0.05, 0.1) is 18.1 Å². The molecule has 8 nitrogen and oxygen atoms in total. The number of nitrogens with two attached hydrogens (primary N) is 2. The largest absolute Gasteiger partial charge is 0.382 e. The highest BCUT2D eigenvalue weighted by molar-refractivity contribution is 9.10. The van der Waals surface area contributed by atoms with Crippen LogP contribution in [-0.4, -0.2) is 29.2 Å². The van der Waals surface area contributed by atoms with Crippen molar-refractivity contribution in [1.82, 2.24) is 29.2 Å². The Morgan fingerprint density at radius 2 is 1.39 bits per heavy atom. The Balaban J connectivity index is 0.000000151. The Bertz CT molecular complexity index is 1280. The van der Waals surface area contributed by atoms with Crippen LogP contribution in [0.25, 0.3) is 22.6 Å². The Morgan fingerprint density at radius 3 is 2.11 bits per heavy atom. The lowest BCUT2D eigenvalue weighted by Crippen LogP contribution is -1.99. The van der Waals surface area contributed by atoms with Crippen LogP contribution >= 0.6 is 15.9 Å². The van der Waals surface area contributed by atoms with Crippen molar-refractivity contribution in [2.24, 2.45) is 0 Å². The second-order valence-corrected chi connectivity index (χ2v) is 6.57. The van der Waals surface area contributed by atoms with E-state index in [1.807, 2.05) is 6.07 Å². The van der Waals surface area contributed by atoms with Gasteiger partial charge in [0.2, 0.25) is 0 Å². The van der Waals surface area contributed by atoms with Gasteiger partial charge in [0, 0.05) is 5.56 Å². The quantitative estimate of drug-likeness (QED) is 0.413. The number of nitrogens with zero attached hydrogens (tertiary/aromatic N) is 6. The molecular weight excluding hydrogens is 427 g/mol. The van der Waals surface area contributed by atoms with Crippen molar-refractivity contribution in [3.63, 3.8) is 0 Å². The summed E-state index contributed by atoms with van der Waals surface area (Å²) in [6, 6.07) is 13.4. The van der Waals surface area contributed by atoms with Gasteiger partial charge in [-0.2, -0.15) is 0 Å². The minimum atomic E-state index is -0.307. The van der Waals surface area contributed by atoms with E-state index in [9.17, 15) is 4.39 Å². The van der Waals surface area contributed by atoms with Crippen molar-refractivity contribution >= 4 is 38.9 Å². The van der Waals surface area contributed by atoms with Crippen molar-refractivity contribution in [2.75, 3.05) is 11.5 Å². The van der Waals surface area contributed by atoms with Gasteiger partial charge in [0.25, 0.3) is 0 Å². The predicted octanol–water partition coefficient (Wildman–Crippen LogP) is 3.19. The number of hydrogen-bond donors (Lipinski definition) is 2. The van der Waals surface area contributed by atoms with Crippen LogP contribution in [0.2, 0.25) is 0 Å². The molecule has 10 heteroatoms. The van der Waals surface area contributed by atoms with Gasteiger partial charge in [-0.25, -0.2) is 23.4 Å². The zero-order valence-electron chi connectivity index (χ0n) is 14.4. The molecular formula is C18H14BrFN8. The number of fused-ring (bicyclic) bond motifs is 2. The van der Waals surface area contributed by atoms with E-state index >= 15 is 0 Å². The molecule has 0 bridgehead atoms. The smallest absolute Gasteiger partial charge is 0.154 e. The zero-order chi connectivity index (χ0) is 19.7. The number of nitrogen functional groups attached to an aromatic ring is 2. The fourth-order valence-corrected chi connectivity index (χ4v) is 2.96. The third-order valence-electron chi connectivity index (χ3n) is 3.87. The maximum Gasteiger partial charge on any atom is 0.154 e. The molecule has 0 saturated carbocycles. The molecule has 0 atom stereocenters. The first-order valence-electron chi connectivity index (χ1n) is 8.14. The van der Waals surface area contributed by atoms with Gasteiger partial charge in [-0.05, 0) is 52.3 Å². The van der Waals surface area contributed by atoms with Crippen LogP contribution in [0, 0.1) is 5.82 Å². The molecule has 0 spiro atoms. The highest BCUT2D eigenvalue weighted by atomic mass is 79.9. The molecule has 4 aromatic heterocycles. The molecule has 0 aliphatic rings. The number of benzene rings is 1. The third-order valence-corrected chi connectivity index (χ3v) is 4.41. The van der Waals surface area contributed by atoms with Crippen LogP contribution in [0.5, 0.6) is 0 Å². The van der Waals surface area contributed by atoms with Crippen molar-refractivity contribution < 1.29 is 4.39 Å². The van der Waals surface area contributed by atoms with E-state index in [1.54, 1.807) is 53.3 Å². The molecule has 28 heavy (non-hydrogen) atoms. The molecule has 0 aliphatic carbocycles. The van der Waals surface area contributed by atoms with Crippen LogP contribution in [0.15, 0.2) is 65.5 Å². The van der Waals surface area contributed by atoms with Gasteiger partial charge in [-0.1, -0.05) is 12.1 Å². The summed E-state index contributed by atoms with van der Waals surface area (Å²) in [5, 5.41) is 8.14. The summed E-state index contributed by atoms with van der Waals surface area (Å²) in [5.41, 5.74) is 13.6. The van der Waals surface area contributed by atoms with Gasteiger partial charge in [-0.15, -0.1) is 10.2 Å². The Labute approximate surface area is 166 Å². The molecule has 0 amide bonds. The number of anilines is 2. The van der Waals surface area contributed by atoms with Crippen molar-refractivity contribution in [3.8, 4) is 11.3 Å². The Morgan fingerprint density at radius 1 is 0.786 bits per heavy atom. The standard InChI is InChI=1S/C12H9FN4.C6H5BrN4/c13-9-4-2-1-3-8(9)10-7-15-12-6-5-11(14)16-17(10)12;7-4-3-9-6-2-1-5(8)10-11(4)6/h1-7H,(H2,14,16);1-3H,(H2,8,10). The summed E-state index contributed by atoms with van der Waals surface area (Å²) in [6.07, 6.45) is 3.27. The van der Waals surface area contributed by atoms with Gasteiger partial charge in [-0.3, -0.25) is 0 Å². The predicted molar refractivity (Wildman–Crippen MR) is 108 cm³/mol. The molecule has 0 unspecified atom stereocenters. The minimum Gasteiger partial charge on any atom is -0.382 e. The number of aromatic nitrogens is 6. The van der Waals surface area contributed by atoms with Crippen LogP contribution in [0.1, 0.15) is 0 Å². The second kappa shape index (κ2) is 7.24. The number of rotatable bonds is 1. The van der Waals surface area contributed by atoms with Gasteiger partial charge >= 0.3 is 0 Å². The SMILES string of the molecule is Nc1ccc2ncc(-c3ccccc3F)n2n1.Nc1ccc2ncc(Br)n2n1. The molecule has 1 aromatic carbocycles. The van der Waals surface area contributed by atoms with E-state index in [0.29, 0.717) is 28.5 Å². The topological polar surface area (TPSA) is 112 Å². The van der Waals surface area contributed by atoms with E-state index in [0.717, 1.165) is 10.3 Å². The van der Waals surface area contributed by atoms with Gasteiger partial charge in [0.15, 0.2) is 11.3 Å². The molecule has 0 aliphatic heterocycles. The summed E-state index contributed by atoms with van der Waals surface area (Å²) in [5.74, 6) is 0.544. The zero-order valence-corrected chi connectivity index (χ0v) is 16.0. The Kier molecular flexibility index (Phi) is 4.62. The summed E-state index contributed by atoms with van der Waals surface area (Å²) < 4.78 is 17.7. The fourth-order valence-electron chi connectivity index (χ4n) is 2.60. The fraction of sp³-hybridized carbons (Fsp3) is 0. The lowest BCUT2D eigenvalue weighted by Gasteiger charge is -2.02. The van der Waals surface area contributed by atoms with Crippen LogP contribution in [0.4, 0.5) is 16.0 Å². The summed E-state index contributed by atoms with van der Waals surface area (Å²) in [4.78, 5) is 8.21. The molecule has 4 N–H and O–H groups in total. The Hall–Kier alpha value is -3.53.